The molecule has 0 radical (unpaired) electrons. The minimum Gasteiger partial charge on any atom is -0.203 e. The van der Waals surface area contributed by atoms with Gasteiger partial charge in [-0.25, -0.2) is 26.3 Å². The van der Waals surface area contributed by atoms with Crippen molar-refractivity contribution < 1.29 is 26.3 Å². The summed E-state index contributed by atoms with van der Waals surface area (Å²) in [5, 5.41) is 0. The second-order valence-corrected chi connectivity index (χ2v) is 10.1. The number of benzene rings is 3. The number of rotatable bonds is 9. The Bertz CT molecular complexity index is 1400. The van der Waals surface area contributed by atoms with Gasteiger partial charge < -0.3 is 0 Å². The summed E-state index contributed by atoms with van der Waals surface area (Å²) in [7, 11) is 0. The van der Waals surface area contributed by atoms with Crippen molar-refractivity contribution in [2.24, 2.45) is 5.92 Å². The van der Waals surface area contributed by atoms with Crippen molar-refractivity contribution >= 4 is 11.6 Å². The Balaban J connectivity index is 1.48. The Morgan fingerprint density at radius 2 is 1.31 bits per heavy atom. The van der Waals surface area contributed by atoms with E-state index >= 15 is 4.39 Å². The highest BCUT2D eigenvalue weighted by Gasteiger charge is 2.23. The summed E-state index contributed by atoms with van der Waals surface area (Å²) in [6.07, 6.45) is 10.3. The van der Waals surface area contributed by atoms with Crippen molar-refractivity contribution in [3.63, 3.8) is 0 Å². The number of allylic oxidation sites excluding steroid dienone is 3. The van der Waals surface area contributed by atoms with Crippen LogP contribution in [0, 0.1) is 40.8 Å². The number of unbranched alkanes of at least 4 members (excludes halogenated alkanes) is 2. The van der Waals surface area contributed by atoms with Gasteiger partial charge in [0.25, 0.3) is 0 Å². The average molecular weight is 543 g/mol. The lowest BCUT2D eigenvalue weighted by Gasteiger charge is -2.20. The first-order valence-corrected chi connectivity index (χ1v) is 13.6. The van der Waals surface area contributed by atoms with Crippen LogP contribution in [0.25, 0.3) is 22.8 Å². The lowest BCUT2D eigenvalue weighted by Crippen LogP contribution is -2.06. The molecule has 0 fully saturated rings. The topological polar surface area (TPSA) is 0 Å². The highest BCUT2D eigenvalue weighted by atomic mass is 19.2. The van der Waals surface area contributed by atoms with Gasteiger partial charge in [0.05, 0.1) is 0 Å². The minimum atomic E-state index is -1.23. The van der Waals surface area contributed by atoms with Gasteiger partial charge in [0.2, 0.25) is 0 Å². The third-order valence-electron chi connectivity index (χ3n) is 7.50. The fraction of sp³-hybridized carbons (Fsp3) is 0.333. The van der Waals surface area contributed by atoms with E-state index < -0.39 is 34.9 Å². The van der Waals surface area contributed by atoms with Crippen molar-refractivity contribution in [1.82, 2.24) is 0 Å². The molecule has 0 saturated carbocycles. The molecule has 0 spiro atoms. The van der Waals surface area contributed by atoms with Crippen LogP contribution in [0.15, 0.2) is 48.6 Å². The summed E-state index contributed by atoms with van der Waals surface area (Å²) in [4.78, 5) is 0. The van der Waals surface area contributed by atoms with E-state index in [1.807, 2.05) is 6.08 Å². The van der Waals surface area contributed by atoms with E-state index in [0.29, 0.717) is 36.8 Å². The number of aryl methyl sites for hydroxylation is 2. The summed E-state index contributed by atoms with van der Waals surface area (Å²) >= 11 is 0. The second-order valence-electron chi connectivity index (χ2n) is 10.1. The van der Waals surface area contributed by atoms with Gasteiger partial charge in [0.15, 0.2) is 34.9 Å². The first kappa shape index (κ1) is 28.7. The predicted molar refractivity (Wildman–Crippen MR) is 145 cm³/mol. The van der Waals surface area contributed by atoms with Crippen molar-refractivity contribution in [1.29, 1.82) is 0 Å². The van der Waals surface area contributed by atoms with Crippen LogP contribution < -0.4 is 0 Å². The Morgan fingerprint density at radius 1 is 0.692 bits per heavy atom. The third-order valence-corrected chi connectivity index (χ3v) is 7.50. The summed E-state index contributed by atoms with van der Waals surface area (Å²) in [5.74, 6) is -6.22. The zero-order chi connectivity index (χ0) is 28.1. The minimum absolute atomic E-state index is 0.0294. The van der Waals surface area contributed by atoms with Crippen molar-refractivity contribution in [2.75, 3.05) is 0 Å². The van der Waals surface area contributed by atoms with Gasteiger partial charge in [-0.3, -0.25) is 0 Å². The largest absolute Gasteiger partial charge is 0.203 e. The van der Waals surface area contributed by atoms with Crippen LogP contribution >= 0.6 is 0 Å². The normalized spacial score (nSPS) is 15.7. The zero-order valence-electron chi connectivity index (χ0n) is 22.2. The van der Waals surface area contributed by atoms with Crippen molar-refractivity contribution in [2.45, 2.75) is 65.2 Å². The molecular weight excluding hydrogens is 510 g/mol. The molecule has 1 aliphatic carbocycles. The third kappa shape index (κ3) is 6.15. The van der Waals surface area contributed by atoms with Crippen LogP contribution in [0.2, 0.25) is 0 Å². The first-order valence-electron chi connectivity index (χ1n) is 13.6. The van der Waals surface area contributed by atoms with Gasteiger partial charge >= 0.3 is 0 Å². The van der Waals surface area contributed by atoms with Crippen LogP contribution in [-0.4, -0.2) is 0 Å². The molecule has 0 aromatic heterocycles. The number of hydrogen-bond donors (Lipinski definition) is 0. The Labute approximate surface area is 226 Å². The summed E-state index contributed by atoms with van der Waals surface area (Å²) in [6, 6.07) is 8.52. The van der Waals surface area contributed by atoms with E-state index in [9.17, 15) is 22.0 Å². The van der Waals surface area contributed by atoms with Gasteiger partial charge in [-0.15, -0.1) is 0 Å². The highest BCUT2D eigenvalue weighted by molar-refractivity contribution is 5.72. The van der Waals surface area contributed by atoms with Crippen LogP contribution in [0.4, 0.5) is 26.3 Å². The molecule has 39 heavy (non-hydrogen) atoms. The maximum atomic E-state index is 15.1. The highest BCUT2D eigenvalue weighted by Crippen LogP contribution is 2.37. The maximum Gasteiger partial charge on any atom is 0.167 e. The van der Waals surface area contributed by atoms with Crippen molar-refractivity contribution in [3.05, 3.63) is 106 Å². The quantitative estimate of drug-likeness (QED) is 0.186. The van der Waals surface area contributed by atoms with E-state index in [4.69, 9.17) is 0 Å². The van der Waals surface area contributed by atoms with Crippen LogP contribution in [0.3, 0.4) is 0 Å². The lowest BCUT2D eigenvalue weighted by molar-refractivity contribution is 0.494. The molecule has 6 heteroatoms. The molecule has 0 bridgehead atoms. The molecule has 0 N–H and O–H groups in total. The molecule has 206 valence electrons. The summed E-state index contributed by atoms with van der Waals surface area (Å²) in [6.45, 7) is 3.73. The average Bonchev–Trinajstić information content (AvgIpc) is 2.94. The second kappa shape index (κ2) is 12.7. The van der Waals surface area contributed by atoms with E-state index in [0.717, 1.165) is 19.3 Å². The molecule has 3 aromatic rings. The maximum absolute atomic E-state index is 15.1. The van der Waals surface area contributed by atoms with Crippen LogP contribution in [-0.2, 0) is 12.8 Å². The molecule has 0 nitrogen and oxygen atoms in total. The fourth-order valence-corrected chi connectivity index (χ4v) is 5.08. The number of halogens is 6. The smallest absolute Gasteiger partial charge is 0.167 e. The molecule has 1 atom stereocenters. The molecule has 3 aromatic carbocycles. The molecule has 4 rings (SSSR count). The lowest BCUT2D eigenvalue weighted by atomic mass is 9.85. The predicted octanol–water partition coefficient (Wildman–Crippen LogP) is 10.4. The summed E-state index contributed by atoms with van der Waals surface area (Å²) < 4.78 is 87.9. The van der Waals surface area contributed by atoms with E-state index in [1.165, 1.54) is 24.3 Å². The van der Waals surface area contributed by atoms with Gasteiger partial charge in [0, 0.05) is 22.3 Å². The molecule has 0 amide bonds. The molecule has 0 saturated heterocycles. The van der Waals surface area contributed by atoms with Gasteiger partial charge in [-0.1, -0.05) is 81.3 Å². The van der Waals surface area contributed by atoms with Gasteiger partial charge in [0.1, 0.15) is 0 Å². The van der Waals surface area contributed by atoms with E-state index in [2.05, 4.69) is 6.92 Å². The van der Waals surface area contributed by atoms with Gasteiger partial charge in [-0.2, -0.15) is 0 Å². The van der Waals surface area contributed by atoms with E-state index in [1.54, 1.807) is 31.2 Å². The molecular formula is C33H32F6. The number of hydrogen-bond acceptors (Lipinski definition) is 0. The zero-order valence-corrected chi connectivity index (χ0v) is 22.2. The molecule has 1 unspecified atom stereocenters. The molecule has 0 aliphatic heterocycles. The molecule has 1 aliphatic rings. The fourth-order valence-electron chi connectivity index (χ4n) is 5.08. The van der Waals surface area contributed by atoms with Gasteiger partial charge in [-0.05, 0) is 61.1 Å². The summed E-state index contributed by atoms with van der Waals surface area (Å²) in [5.41, 5.74) is 0.763. The Kier molecular flexibility index (Phi) is 9.36. The van der Waals surface area contributed by atoms with Crippen LogP contribution in [0.1, 0.15) is 74.6 Å². The monoisotopic (exact) mass is 542 g/mol. The first-order chi connectivity index (χ1) is 18.8. The van der Waals surface area contributed by atoms with E-state index in [-0.39, 0.29) is 40.2 Å². The molecule has 0 heterocycles. The van der Waals surface area contributed by atoms with Crippen LogP contribution in [0.5, 0.6) is 0 Å². The standard InChI is InChI=1S/C33H32F6/c1-3-5-6-7-23-14-15-24(30(36)29(23)35)13-10-20-8-11-22(12-9-20)25-18-19-27(33(39)31(25)37)26-17-16-21(4-2)28(34)32(26)38/h10-11,13-20H,3-9,12H2,1-2H3/b13-10+. The SMILES string of the molecule is CCCCCc1ccc(/C=C/C2CC=C(c3ccc(-c4ccc(CC)c(F)c4F)c(F)c3F)CC2)c(F)c1F. The van der Waals surface area contributed by atoms with Crippen molar-refractivity contribution in [3.8, 4) is 11.1 Å². The Morgan fingerprint density at radius 3 is 1.97 bits per heavy atom. The Hall–Kier alpha value is -3.28.